The number of carbonyl (C=O) groups excluding carboxylic acids is 1. The molecule has 110 valence electrons. The van der Waals surface area contributed by atoms with Gasteiger partial charge < -0.3 is 4.90 Å². The van der Waals surface area contributed by atoms with E-state index in [0.717, 1.165) is 12.3 Å². The third-order valence-corrected chi connectivity index (χ3v) is 4.44. The molecule has 0 spiro atoms. The monoisotopic (exact) mass is 266 g/mol. The maximum atomic E-state index is 12.6. The molecule has 1 saturated carbocycles. The summed E-state index contributed by atoms with van der Waals surface area (Å²) in [6.07, 6.45) is 5.22. The lowest BCUT2D eigenvalue weighted by Gasteiger charge is -2.31. The first-order chi connectivity index (χ1) is 8.90. The Labute approximate surface area is 118 Å². The van der Waals surface area contributed by atoms with Crippen molar-refractivity contribution in [3.05, 3.63) is 0 Å². The lowest BCUT2D eigenvalue weighted by Crippen LogP contribution is -2.44. The number of hydrogen-bond donors (Lipinski definition) is 1. The van der Waals surface area contributed by atoms with Crippen LogP contribution < -0.4 is 5.32 Å². The SMILES string of the molecule is CC(C)CC1NC(C(C)C)C(=O)N1C(C)CC1CC1. The molecule has 0 aromatic rings. The minimum atomic E-state index is 0.0189. The van der Waals surface area contributed by atoms with Gasteiger partial charge in [-0.1, -0.05) is 40.5 Å². The Kier molecular flexibility index (Phi) is 4.54. The lowest BCUT2D eigenvalue weighted by atomic mass is 10.0. The molecule has 1 heterocycles. The Balaban J connectivity index is 2.07. The summed E-state index contributed by atoms with van der Waals surface area (Å²) < 4.78 is 0. The Bertz CT molecular complexity index is 323. The molecule has 2 aliphatic rings. The Morgan fingerprint density at radius 2 is 1.79 bits per heavy atom. The van der Waals surface area contributed by atoms with Crippen molar-refractivity contribution in [2.24, 2.45) is 17.8 Å². The van der Waals surface area contributed by atoms with Crippen LogP contribution in [0, 0.1) is 17.8 Å². The molecule has 1 amide bonds. The van der Waals surface area contributed by atoms with Gasteiger partial charge in [-0.15, -0.1) is 0 Å². The Hall–Kier alpha value is -0.570. The van der Waals surface area contributed by atoms with Crippen molar-refractivity contribution in [2.45, 2.75) is 78.6 Å². The van der Waals surface area contributed by atoms with Crippen LogP contribution in [0.5, 0.6) is 0 Å². The summed E-state index contributed by atoms with van der Waals surface area (Å²) in [4.78, 5) is 14.8. The van der Waals surface area contributed by atoms with Gasteiger partial charge in [-0.05, 0) is 37.5 Å². The van der Waals surface area contributed by atoms with E-state index in [2.05, 4.69) is 44.8 Å². The van der Waals surface area contributed by atoms with Gasteiger partial charge in [-0.3, -0.25) is 10.1 Å². The third kappa shape index (κ3) is 3.50. The number of nitrogens with one attached hydrogen (secondary N) is 1. The molecule has 1 N–H and O–H groups in total. The van der Waals surface area contributed by atoms with E-state index in [0.29, 0.717) is 23.8 Å². The molecular weight excluding hydrogens is 236 g/mol. The molecule has 0 bridgehead atoms. The highest BCUT2D eigenvalue weighted by Crippen LogP contribution is 2.36. The van der Waals surface area contributed by atoms with Crippen LogP contribution in [0.25, 0.3) is 0 Å². The van der Waals surface area contributed by atoms with Crippen molar-refractivity contribution in [1.82, 2.24) is 10.2 Å². The maximum absolute atomic E-state index is 12.6. The van der Waals surface area contributed by atoms with Crippen LogP contribution in [0.1, 0.15) is 60.3 Å². The molecule has 2 fully saturated rings. The standard InChI is InChI=1S/C16H30N2O/c1-10(2)8-14-17-15(11(3)4)16(19)18(14)12(5)9-13-6-7-13/h10-15,17H,6-9H2,1-5H3. The number of nitrogens with zero attached hydrogens (tertiary/aromatic N) is 1. The smallest absolute Gasteiger partial charge is 0.241 e. The Morgan fingerprint density at radius 1 is 1.16 bits per heavy atom. The van der Waals surface area contributed by atoms with E-state index in [9.17, 15) is 4.79 Å². The third-order valence-electron chi connectivity index (χ3n) is 4.44. The van der Waals surface area contributed by atoms with Crippen molar-refractivity contribution in [1.29, 1.82) is 0 Å². The molecule has 0 aromatic heterocycles. The van der Waals surface area contributed by atoms with Gasteiger partial charge in [0, 0.05) is 6.04 Å². The van der Waals surface area contributed by atoms with Crippen molar-refractivity contribution in [3.8, 4) is 0 Å². The average Bonchev–Trinajstić information content (AvgIpc) is 3.02. The predicted molar refractivity (Wildman–Crippen MR) is 78.7 cm³/mol. The fourth-order valence-electron chi connectivity index (χ4n) is 3.25. The van der Waals surface area contributed by atoms with Crippen molar-refractivity contribution in [2.75, 3.05) is 0 Å². The van der Waals surface area contributed by atoms with Gasteiger partial charge in [0.05, 0.1) is 12.2 Å². The van der Waals surface area contributed by atoms with Crippen molar-refractivity contribution in [3.63, 3.8) is 0 Å². The highest BCUT2D eigenvalue weighted by atomic mass is 16.2. The van der Waals surface area contributed by atoms with Gasteiger partial charge in [0.15, 0.2) is 0 Å². The molecule has 19 heavy (non-hydrogen) atoms. The van der Waals surface area contributed by atoms with Gasteiger partial charge in [-0.2, -0.15) is 0 Å². The molecule has 3 heteroatoms. The summed E-state index contributed by atoms with van der Waals surface area (Å²) in [6.45, 7) is 11.0. The summed E-state index contributed by atoms with van der Waals surface area (Å²) in [5.41, 5.74) is 0. The quantitative estimate of drug-likeness (QED) is 0.801. The zero-order chi connectivity index (χ0) is 14.2. The topological polar surface area (TPSA) is 32.3 Å². The van der Waals surface area contributed by atoms with Crippen LogP contribution >= 0.6 is 0 Å². The molecule has 0 radical (unpaired) electrons. The van der Waals surface area contributed by atoms with E-state index in [1.807, 2.05) is 0 Å². The summed E-state index contributed by atoms with van der Waals surface area (Å²) >= 11 is 0. The second-order valence-corrected chi connectivity index (χ2v) is 7.31. The van der Waals surface area contributed by atoms with Crippen LogP contribution in [0.4, 0.5) is 0 Å². The van der Waals surface area contributed by atoms with Gasteiger partial charge in [0.25, 0.3) is 0 Å². The lowest BCUT2D eigenvalue weighted by molar-refractivity contribution is -0.133. The van der Waals surface area contributed by atoms with Crippen LogP contribution in [-0.4, -0.2) is 29.1 Å². The van der Waals surface area contributed by atoms with Gasteiger partial charge in [0.1, 0.15) is 0 Å². The highest BCUT2D eigenvalue weighted by Gasteiger charge is 2.43. The molecule has 3 nitrogen and oxygen atoms in total. The van der Waals surface area contributed by atoms with E-state index in [4.69, 9.17) is 0 Å². The minimum absolute atomic E-state index is 0.0189. The van der Waals surface area contributed by atoms with Crippen LogP contribution in [-0.2, 0) is 4.79 Å². The van der Waals surface area contributed by atoms with E-state index < -0.39 is 0 Å². The van der Waals surface area contributed by atoms with E-state index in [1.165, 1.54) is 19.3 Å². The molecule has 3 unspecified atom stereocenters. The number of rotatable bonds is 6. The molecule has 1 saturated heterocycles. The summed E-state index contributed by atoms with van der Waals surface area (Å²) in [5, 5.41) is 3.57. The number of amides is 1. The molecule has 0 aromatic carbocycles. The highest BCUT2D eigenvalue weighted by molar-refractivity contribution is 5.84. The van der Waals surface area contributed by atoms with Gasteiger partial charge in [-0.25, -0.2) is 0 Å². The summed E-state index contributed by atoms with van der Waals surface area (Å²) in [6, 6.07) is 0.408. The fourth-order valence-corrected chi connectivity index (χ4v) is 3.25. The second kappa shape index (κ2) is 5.82. The van der Waals surface area contributed by atoms with Crippen molar-refractivity contribution < 1.29 is 4.79 Å². The first-order valence-corrected chi connectivity index (χ1v) is 7.98. The van der Waals surface area contributed by atoms with Crippen molar-refractivity contribution >= 4 is 5.91 Å². The molecule has 3 atom stereocenters. The number of hydrogen-bond acceptors (Lipinski definition) is 2. The molecule has 1 aliphatic heterocycles. The first-order valence-electron chi connectivity index (χ1n) is 7.98. The summed E-state index contributed by atoms with van der Waals surface area (Å²) in [7, 11) is 0. The van der Waals surface area contributed by atoms with E-state index >= 15 is 0 Å². The van der Waals surface area contributed by atoms with Crippen LogP contribution in [0.3, 0.4) is 0 Å². The largest absolute Gasteiger partial charge is 0.323 e. The normalized spacial score (nSPS) is 29.6. The maximum Gasteiger partial charge on any atom is 0.241 e. The Morgan fingerprint density at radius 3 is 2.26 bits per heavy atom. The first kappa shape index (κ1) is 14.8. The number of carbonyl (C=O) groups is 1. The van der Waals surface area contributed by atoms with Crippen LogP contribution in [0.2, 0.25) is 0 Å². The predicted octanol–water partition coefficient (Wildman–Crippen LogP) is 3.00. The zero-order valence-corrected chi connectivity index (χ0v) is 13.1. The second-order valence-electron chi connectivity index (χ2n) is 7.31. The summed E-state index contributed by atoms with van der Waals surface area (Å²) in [5.74, 6) is 2.20. The minimum Gasteiger partial charge on any atom is -0.323 e. The van der Waals surface area contributed by atoms with E-state index in [-0.39, 0.29) is 12.2 Å². The fraction of sp³-hybridized carbons (Fsp3) is 0.938. The van der Waals surface area contributed by atoms with Gasteiger partial charge >= 0.3 is 0 Å². The van der Waals surface area contributed by atoms with Gasteiger partial charge in [0.2, 0.25) is 5.91 Å². The zero-order valence-electron chi connectivity index (χ0n) is 13.1. The molecule has 2 rings (SSSR count). The molecular formula is C16H30N2O. The van der Waals surface area contributed by atoms with E-state index in [1.54, 1.807) is 0 Å². The molecule has 1 aliphatic carbocycles. The van der Waals surface area contributed by atoms with Crippen LogP contribution in [0.15, 0.2) is 0 Å². The average molecular weight is 266 g/mol.